The highest BCUT2D eigenvalue weighted by molar-refractivity contribution is 7.14. The van der Waals surface area contributed by atoms with Gasteiger partial charge in [0.1, 0.15) is 17.2 Å². The molecule has 0 radical (unpaired) electrons. The van der Waals surface area contributed by atoms with Crippen molar-refractivity contribution in [3.05, 3.63) is 55.3 Å². The Morgan fingerprint density at radius 2 is 2.19 bits per heavy atom. The van der Waals surface area contributed by atoms with Crippen LogP contribution in [0.1, 0.15) is 13.3 Å². The maximum absolute atomic E-state index is 13.2. The first-order valence-electron chi connectivity index (χ1n) is 7.71. The van der Waals surface area contributed by atoms with Crippen molar-refractivity contribution in [2.75, 3.05) is 11.1 Å². The highest BCUT2D eigenvalue weighted by atomic mass is 35.5. The zero-order valence-corrected chi connectivity index (χ0v) is 15.2. The molecule has 3 aromatic rings. The second kappa shape index (κ2) is 7.30. The molecule has 1 aromatic carbocycles. The second-order valence-corrected chi connectivity index (χ2v) is 6.73. The monoisotopic (exact) mass is 395 g/mol. The fourth-order valence-electron chi connectivity index (χ4n) is 2.42. The van der Waals surface area contributed by atoms with E-state index in [2.05, 4.69) is 15.3 Å². The highest BCUT2D eigenvalue weighted by Crippen LogP contribution is 2.29. The summed E-state index contributed by atoms with van der Waals surface area (Å²) >= 11 is 6.99. The molecule has 26 heavy (non-hydrogen) atoms. The second-order valence-electron chi connectivity index (χ2n) is 5.46. The van der Waals surface area contributed by atoms with Crippen LogP contribution in [-0.2, 0) is 6.54 Å². The van der Waals surface area contributed by atoms with E-state index in [1.54, 1.807) is 5.38 Å². The summed E-state index contributed by atoms with van der Waals surface area (Å²) in [5, 5.41) is 5.09. The maximum atomic E-state index is 13.2. The van der Waals surface area contributed by atoms with E-state index in [1.165, 1.54) is 34.1 Å². The Morgan fingerprint density at radius 1 is 1.42 bits per heavy atom. The van der Waals surface area contributed by atoms with E-state index >= 15 is 0 Å². The number of aromatic amines is 1. The van der Waals surface area contributed by atoms with Crippen LogP contribution < -0.4 is 22.3 Å². The van der Waals surface area contributed by atoms with Gasteiger partial charge in [-0.05, 0) is 24.6 Å². The number of halogens is 2. The van der Waals surface area contributed by atoms with Crippen LogP contribution in [0.2, 0.25) is 5.02 Å². The molecular weight excluding hydrogens is 381 g/mol. The van der Waals surface area contributed by atoms with E-state index in [-0.39, 0.29) is 16.4 Å². The minimum atomic E-state index is -0.596. The van der Waals surface area contributed by atoms with Gasteiger partial charge < -0.3 is 11.1 Å². The number of nitrogens with one attached hydrogen (secondary N) is 2. The van der Waals surface area contributed by atoms with Gasteiger partial charge in [0.05, 0.1) is 10.7 Å². The van der Waals surface area contributed by atoms with Gasteiger partial charge in [0, 0.05) is 17.6 Å². The van der Waals surface area contributed by atoms with E-state index in [0.29, 0.717) is 29.5 Å². The quantitative estimate of drug-likeness (QED) is 0.615. The zero-order valence-electron chi connectivity index (χ0n) is 13.7. The standard InChI is InChI=1S/C16H15ClFN5O2S/c1-2-5-23-13(19)12(14(24)22-16(23)25)11-7-26-15(21-11)20-8-3-4-10(18)9(17)6-8/h3-4,6-7H,2,5,19H2,1H3,(H,20,21)(H,22,24,25). The molecule has 0 bridgehead atoms. The largest absolute Gasteiger partial charge is 0.384 e. The molecule has 10 heteroatoms. The number of hydrogen-bond donors (Lipinski definition) is 3. The molecule has 7 nitrogen and oxygen atoms in total. The molecule has 2 heterocycles. The summed E-state index contributed by atoms with van der Waals surface area (Å²) in [4.78, 5) is 30.7. The number of hydrogen-bond acceptors (Lipinski definition) is 6. The van der Waals surface area contributed by atoms with Gasteiger partial charge in [-0.15, -0.1) is 11.3 Å². The van der Waals surface area contributed by atoms with E-state index in [1.807, 2.05) is 6.92 Å². The Kier molecular flexibility index (Phi) is 5.10. The van der Waals surface area contributed by atoms with Gasteiger partial charge in [-0.3, -0.25) is 14.3 Å². The Hall–Kier alpha value is -2.65. The maximum Gasteiger partial charge on any atom is 0.329 e. The van der Waals surface area contributed by atoms with Crippen molar-refractivity contribution in [2.24, 2.45) is 0 Å². The number of aromatic nitrogens is 3. The molecule has 0 saturated heterocycles. The first-order chi connectivity index (χ1) is 12.4. The molecule has 0 spiro atoms. The zero-order chi connectivity index (χ0) is 18.8. The van der Waals surface area contributed by atoms with Gasteiger partial charge >= 0.3 is 5.69 Å². The van der Waals surface area contributed by atoms with Crippen molar-refractivity contribution in [3.63, 3.8) is 0 Å². The molecule has 136 valence electrons. The number of nitrogens with zero attached hydrogens (tertiary/aromatic N) is 2. The molecule has 0 saturated carbocycles. The molecule has 0 fully saturated rings. The minimum absolute atomic E-state index is 0.0147. The lowest BCUT2D eigenvalue weighted by atomic mass is 10.2. The minimum Gasteiger partial charge on any atom is -0.384 e. The van der Waals surface area contributed by atoms with Gasteiger partial charge in [-0.25, -0.2) is 14.2 Å². The molecule has 4 N–H and O–H groups in total. The van der Waals surface area contributed by atoms with Crippen LogP contribution in [-0.4, -0.2) is 14.5 Å². The number of thiazole rings is 1. The van der Waals surface area contributed by atoms with Crippen molar-refractivity contribution in [2.45, 2.75) is 19.9 Å². The molecule has 3 rings (SSSR count). The lowest BCUT2D eigenvalue weighted by Gasteiger charge is -2.10. The molecule has 0 aliphatic carbocycles. The summed E-state index contributed by atoms with van der Waals surface area (Å²) in [5.74, 6) is -0.447. The molecule has 2 aromatic heterocycles. The Balaban J connectivity index is 1.97. The van der Waals surface area contributed by atoms with Crippen molar-refractivity contribution in [1.82, 2.24) is 14.5 Å². The van der Waals surface area contributed by atoms with Crippen LogP contribution in [0.5, 0.6) is 0 Å². The summed E-state index contributed by atoms with van der Waals surface area (Å²) in [6, 6.07) is 4.19. The average Bonchev–Trinajstić information content (AvgIpc) is 3.03. The third kappa shape index (κ3) is 3.49. The molecule has 0 aliphatic heterocycles. The number of nitrogens with two attached hydrogens (primary N) is 1. The van der Waals surface area contributed by atoms with Crippen LogP contribution in [0.4, 0.5) is 21.0 Å². The van der Waals surface area contributed by atoms with E-state index in [0.717, 1.165) is 0 Å². The van der Waals surface area contributed by atoms with Crippen LogP contribution in [0.3, 0.4) is 0 Å². The predicted octanol–water partition coefficient (Wildman–Crippen LogP) is 3.19. The summed E-state index contributed by atoms with van der Waals surface area (Å²) in [5.41, 5.74) is 5.92. The Labute approximate surface area is 156 Å². The molecule has 0 atom stereocenters. The number of anilines is 3. The van der Waals surface area contributed by atoms with E-state index in [4.69, 9.17) is 17.3 Å². The number of benzene rings is 1. The van der Waals surface area contributed by atoms with E-state index < -0.39 is 17.1 Å². The first-order valence-corrected chi connectivity index (χ1v) is 8.97. The van der Waals surface area contributed by atoms with E-state index in [9.17, 15) is 14.0 Å². The number of nitrogen functional groups attached to an aromatic ring is 1. The summed E-state index contributed by atoms with van der Waals surface area (Å²) in [6.45, 7) is 2.28. The smallest absolute Gasteiger partial charge is 0.329 e. The fourth-order valence-corrected chi connectivity index (χ4v) is 3.33. The van der Waals surface area contributed by atoms with Crippen molar-refractivity contribution < 1.29 is 4.39 Å². The topological polar surface area (TPSA) is 106 Å². The SMILES string of the molecule is CCCn1c(N)c(-c2csc(Nc3ccc(F)c(Cl)c3)n2)c(=O)[nH]c1=O. The molecule has 0 unspecified atom stereocenters. The van der Waals surface area contributed by atoms with Crippen molar-refractivity contribution in [1.29, 1.82) is 0 Å². The summed E-state index contributed by atoms with van der Waals surface area (Å²) in [6.07, 6.45) is 0.685. The summed E-state index contributed by atoms with van der Waals surface area (Å²) < 4.78 is 14.5. The van der Waals surface area contributed by atoms with Crippen molar-refractivity contribution in [3.8, 4) is 11.3 Å². The van der Waals surface area contributed by atoms with Crippen LogP contribution >= 0.6 is 22.9 Å². The normalized spacial score (nSPS) is 10.9. The molecule has 0 aliphatic rings. The van der Waals surface area contributed by atoms with Gasteiger partial charge in [0.25, 0.3) is 5.56 Å². The third-order valence-corrected chi connectivity index (χ3v) is 4.67. The van der Waals surface area contributed by atoms with Crippen LogP contribution in [0, 0.1) is 5.82 Å². The molecular formula is C16H15ClFN5O2S. The van der Waals surface area contributed by atoms with Crippen LogP contribution in [0.25, 0.3) is 11.3 Å². The third-order valence-electron chi connectivity index (χ3n) is 3.62. The Morgan fingerprint density at radius 3 is 2.88 bits per heavy atom. The predicted molar refractivity (Wildman–Crippen MR) is 102 cm³/mol. The summed E-state index contributed by atoms with van der Waals surface area (Å²) in [7, 11) is 0. The van der Waals surface area contributed by atoms with Gasteiger partial charge in [0.2, 0.25) is 0 Å². The number of rotatable bonds is 5. The Bertz CT molecular complexity index is 1080. The lowest BCUT2D eigenvalue weighted by Crippen LogP contribution is -2.33. The van der Waals surface area contributed by atoms with Crippen LogP contribution in [0.15, 0.2) is 33.2 Å². The van der Waals surface area contributed by atoms with Gasteiger partial charge in [-0.1, -0.05) is 18.5 Å². The fraction of sp³-hybridized carbons (Fsp3) is 0.188. The highest BCUT2D eigenvalue weighted by Gasteiger charge is 2.17. The van der Waals surface area contributed by atoms with Gasteiger partial charge in [0.15, 0.2) is 5.13 Å². The lowest BCUT2D eigenvalue weighted by molar-refractivity contribution is 0.628. The first kappa shape index (κ1) is 18.2. The number of H-pyrrole nitrogens is 1. The molecule has 0 amide bonds. The van der Waals surface area contributed by atoms with Crippen molar-refractivity contribution >= 4 is 39.6 Å². The average molecular weight is 396 g/mol. The van der Waals surface area contributed by atoms with Gasteiger partial charge in [-0.2, -0.15) is 0 Å².